The van der Waals surface area contributed by atoms with Crippen molar-refractivity contribution in [3.05, 3.63) is 47.5 Å². The van der Waals surface area contributed by atoms with Gasteiger partial charge in [-0.05, 0) is 45.6 Å². The number of aromatic nitrogens is 3. The van der Waals surface area contributed by atoms with Crippen molar-refractivity contribution in [1.29, 1.82) is 0 Å². The molecule has 2 amide bonds. The highest BCUT2D eigenvalue weighted by Crippen LogP contribution is 2.33. The Morgan fingerprint density at radius 2 is 1.87 bits per heavy atom. The number of amides is 2. The van der Waals surface area contributed by atoms with E-state index in [1.54, 1.807) is 4.90 Å². The van der Waals surface area contributed by atoms with Crippen molar-refractivity contribution < 1.29 is 14.3 Å². The molecule has 1 saturated heterocycles. The van der Waals surface area contributed by atoms with Gasteiger partial charge in [-0.15, -0.1) is 10.2 Å². The first kappa shape index (κ1) is 21.3. The van der Waals surface area contributed by atoms with Crippen LogP contribution in [0.5, 0.6) is 0 Å². The van der Waals surface area contributed by atoms with Crippen LogP contribution in [-0.4, -0.2) is 55.3 Å². The summed E-state index contributed by atoms with van der Waals surface area (Å²) in [4.78, 5) is 29.0. The number of carbonyl (C=O) groups is 2. The predicted molar refractivity (Wildman–Crippen MR) is 115 cm³/mol. The first-order valence-corrected chi connectivity index (χ1v) is 11.0. The van der Waals surface area contributed by atoms with E-state index in [1.807, 2.05) is 43.9 Å². The highest BCUT2D eigenvalue weighted by molar-refractivity contribution is 5.77. The fourth-order valence-corrected chi connectivity index (χ4v) is 4.28. The van der Waals surface area contributed by atoms with Crippen LogP contribution in [0, 0.1) is 0 Å². The van der Waals surface area contributed by atoms with Crippen LogP contribution in [0.1, 0.15) is 63.3 Å². The molecule has 0 unspecified atom stereocenters. The van der Waals surface area contributed by atoms with Gasteiger partial charge in [0.25, 0.3) is 0 Å². The number of fused-ring (bicyclic) bond motifs is 1. The summed E-state index contributed by atoms with van der Waals surface area (Å²) < 4.78 is 7.57. The zero-order valence-corrected chi connectivity index (χ0v) is 18.6. The Labute approximate surface area is 183 Å². The molecule has 166 valence electrons. The Balaban J connectivity index is 1.42. The van der Waals surface area contributed by atoms with E-state index >= 15 is 0 Å². The summed E-state index contributed by atoms with van der Waals surface area (Å²) in [6, 6.07) is 10.1. The van der Waals surface area contributed by atoms with Crippen LogP contribution in [-0.2, 0) is 29.0 Å². The Bertz CT molecular complexity index is 934. The number of rotatable bonds is 4. The maximum Gasteiger partial charge on any atom is 0.410 e. The molecule has 8 heteroatoms. The lowest BCUT2D eigenvalue weighted by Crippen LogP contribution is -2.42. The summed E-state index contributed by atoms with van der Waals surface area (Å²) >= 11 is 0. The summed E-state index contributed by atoms with van der Waals surface area (Å²) in [6.07, 6.45) is 2.76. The average molecular weight is 426 g/mol. The van der Waals surface area contributed by atoms with Crippen molar-refractivity contribution in [2.45, 2.75) is 71.2 Å². The van der Waals surface area contributed by atoms with E-state index in [2.05, 4.69) is 26.9 Å². The molecule has 0 saturated carbocycles. The van der Waals surface area contributed by atoms with Crippen molar-refractivity contribution in [3.63, 3.8) is 0 Å². The van der Waals surface area contributed by atoms with Crippen molar-refractivity contribution in [2.24, 2.45) is 0 Å². The minimum atomic E-state index is -0.530. The van der Waals surface area contributed by atoms with Gasteiger partial charge in [0.2, 0.25) is 5.91 Å². The normalized spacial score (nSPS) is 18.7. The van der Waals surface area contributed by atoms with Crippen molar-refractivity contribution in [1.82, 2.24) is 24.6 Å². The summed E-state index contributed by atoms with van der Waals surface area (Å²) in [7, 11) is 0. The van der Waals surface area contributed by atoms with E-state index in [1.165, 1.54) is 5.56 Å². The van der Waals surface area contributed by atoms with Gasteiger partial charge in [0.1, 0.15) is 5.60 Å². The first-order chi connectivity index (χ1) is 14.8. The third-order valence-corrected chi connectivity index (χ3v) is 5.78. The molecule has 0 radical (unpaired) electrons. The lowest BCUT2D eigenvalue weighted by Gasteiger charge is -2.31. The molecule has 2 aromatic rings. The van der Waals surface area contributed by atoms with Gasteiger partial charge >= 0.3 is 6.09 Å². The minimum absolute atomic E-state index is 0.0439. The van der Waals surface area contributed by atoms with Crippen LogP contribution < -0.4 is 0 Å². The van der Waals surface area contributed by atoms with Gasteiger partial charge in [-0.1, -0.05) is 30.3 Å². The third kappa shape index (κ3) is 4.89. The second-order valence-electron chi connectivity index (χ2n) is 9.26. The number of hydrogen-bond donors (Lipinski definition) is 0. The number of nitrogens with zero attached hydrogens (tertiary/aromatic N) is 5. The minimum Gasteiger partial charge on any atom is -0.444 e. The molecule has 3 heterocycles. The van der Waals surface area contributed by atoms with E-state index in [9.17, 15) is 9.59 Å². The Kier molecular flexibility index (Phi) is 5.98. The predicted octanol–water partition coefficient (Wildman–Crippen LogP) is 3.33. The molecule has 0 bridgehead atoms. The van der Waals surface area contributed by atoms with Crippen molar-refractivity contribution >= 4 is 12.0 Å². The van der Waals surface area contributed by atoms with Crippen LogP contribution in [0.2, 0.25) is 0 Å². The lowest BCUT2D eigenvalue weighted by molar-refractivity contribution is -0.132. The number of likely N-dealkylation sites (tertiary alicyclic amines) is 1. The van der Waals surface area contributed by atoms with Crippen molar-refractivity contribution in [2.75, 3.05) is 13.1 Å². The van der Waals surface area contributed by atoms with Gasteiger partial charge in [-0.25, -0.2) is 4.79 Å². The van der Waals surface area contributed by atoms with Gasteiger partial charge in [0.15, 0.2) is 11.6 Å². The first-order valence-electron chi connectivity index (χ1n) is 11.0. The molecule has 1 aromatic carbocycles. The highest BCUT2D eigenvalue weighted by Gasteiger charge is 2.36. The van der Waals surface area contributed by atoms with E-state index in [-0.39, 0.29) is 18.0 Å². The largest absolute Gasteiger partial charge is 0.444 e. The van der Waals surface area contributed by atoms with Crippen LogP contribution >= 0.6 is 0 Å². The Morgan fingerprint density at radius 3 is 2.61 bits per heavy atom. The second-order valence-corrected chi connectivity index (χ2v) is 9.26. The van der Waals surface area contributed by atoms with Crippen molar-refractivity contribution in [3.8, 4) is 0 Å². The standard InChI is InChI=1S/C23H31N5O3/c1-23(2,3)31-22(30)26-14-15-28-19(16-26)24-25-21(28)18-10-7-13-27(18)20(29)12-11-17-8-5-4-6-9-17/h4-6,8-9,18H,7,10-16H2,1-3H3/t18-/m0/s1. The molecular formula is C23H31N5O3. The summed E-state index contributed by atoms with van der Waals surface area (Å²) in [6.45, 7) is 7.86. The zero-order valence-electron chi connectivity index (χ0n) is 18.6. The summed E-state index contributed by atoms with van der Waals surface area (Å²) in [5, 5.41) is 8.78. The van der Waals surface area contributed by atoms with Gasteiger partial charge < -0.3 is 14.2 Å². The van der Waals surface area contributed by atoms with Crippen LogP contribution in [0.25, 0.3) is 0 Å². The van der Waals surface area contributed by atoms with Gasteiger partial charge in [0, 0.05) is 26.1 Å². The Morgan fingerprint density at radius 1 is 1.10 bits per heavy atom. The van der Waals surface area contributed by atoms with E-state index in [0.717, 1.165) is 37.5 Å². The smallest absolute Gasteiger partial charge is 0.410 e. The topological polar surface area (TPSA) is 80.6 Å². The fourth-order valence-electron chi connectivity index (χ4n) is 4.28. The molecular weight excluding hydrogens is 394 g/mol. The van der Waals surface area contributed by atoms with E-state index < -0.39 is 5.60 Å². The number of benzene rings is 1. The van der Waals surface area contributed by atoms with Crippen LogP contribution in [0.3, 0.4) is 0 Å². The average Bonchev–Trinajstić information content (AvgIpc) is 3.37. The molecule has 8 nitrogen and oxygen atoms in total. The number of carbonyl (C=O) groups excluding carboxylic acids is 2. The van der Waals surface area contributed by atoms with Gasteiger partial charge in [-0.3, -0.25) is 9.69 Å². The molecule has 1 atom stereocenters. The highest BCUT2D eigenvalue weighted by atomic mass is 16.6. The Hall–Kier alpha value is -2.90. The molecule has 1 aromatic heterocycles. The van der Waals surface area contributed by atoms with Crippen LogP contribution in [0.4, 0.5) is 4.79 Å². The molecule has 31 heavy (non-hydrogen) atoms. The van der Waals surface area contributed by atoms with Crippen LogP contribution in [0.15, 0.2) is 30.3 Å². The van der Waals surface area contributed by atoms with E-state index in [0.29, 0.717) is 26.1 Å². The molecule has 0 spiro atoms. The van der Waals surface area contributed by atoms with Gasteiger partial charge in [-0.2, -0.15) is 0 Å². The monoisotopic (exact) mass is 425 g/mol. The fraction of sp³-hybridized carbons (Fsp3) is 0.565. The molecule has 0 N–H and O–H groups in total. The quantitative estimate of drug-likeness (QED) is 0.751. The summed E-state index contributed by atoms with van der Waals surface area (Å²) in [5.74, 6) is 1.75. The molecule has 1 fully saturated rings. The summed E-state index contributed by atoms with van der Waals surface area (Å²) in [5.41, 5.74) is 0.645. The second kappa shape index (κ2) is 8.69. The number of ether oxygens (including phenoxy) is 1. The number of hydrogen-bond acceptors (Lipinski definition) is 5. The van der Waals surface area contributed by atoms with Gasteiger partial charge in [0.05, 0.1) is 12.6 Å². The third-order valence-electron chi connectivity index (χ3n) is 5.78. The SMILES string of the molecule is CC(C)(C)OC(=O)N1CCn2c(nnc2[C@@H]2CCCN2C(=O)CCc2ccccc2)C1. The molecule has 2 aliphatic heterocycles. The van der Waals surface area contributed by atoms with E-state index in [4.69, 9.17) is 4.74 Å². The lowest BCUT2D eigenvalue weighted by atomic mass is 10.1. The maximum atomic E-state index is 13.0. The maximum absolute atomic E-state index is 13.0. The number of aryl methyl sites for hydroxylation is 1. The molecule has 4 rings (SSSR count). The zero-order chi connectivity index (χ0) is 22.0. The molecule has 2 aliphatic rings. The molecule has 0 aliphatic carbocycles.